The van der Waals surface area contributed by atoms with Crippen molar-refractivity contribution in [3.8, 4) is 0 Å². The van der Waals surface area contributed by atoms with Gasteiger partial charge in [0, 0.05) is 12.0 Å². The highest BCUT2D eigenvalue weighted by Gasteiger charge is 2.46. The highest BCUT2D eigenvalue weighted by Crippen LogP contribution is 2.32. The SMILES string of the molecule is CCOC(=O)OC1CC(C)(C)NC1(C)C. The smallest absolute Gasteiger partial charge is 0.435 e. The maximum absolute atomic E-state index is 11.2. The molecular formula is C11H21NO3. The molecule has 1 atom stereocenters. The van der Waals surface area contributed by atoms with Gasteiger partial charge in [-0.2, -0.15) is 0 Å². The highest BCUT2D eigenvalue weighted by molar-refractivity contribution is 5.60. The van der Waals surface area contributed by atoms with Crippen molar-refractivity contribution in [2.24, 2.45) is 0 Å². The molecule has 0 aliphatic carbocycles. The summed E-state index contributed by atoms with van der Waals surface area (Å²) in [4.78, 5) is 11.2. The molecule has 0 saturated carbocycles. The largest absolute Gasteiger partial charge is 0.508 e. The van der Waals surface area contributed by atoms with Gasteiger partial charge >= 0.3 is 6.16 Å². The summed E-state index contributed by atoms with van der Waals surface area (Å²) in [7, 11) is 0. The Morgan fingerprint density at radius 2 is 2.00 bits per heavy atom. The lowest BCUT2D eigenvalue weighted by atomic mass is 9.97. The van der Waals surface area contributed by atoms with E-state index in [4.69, 9.17) is 9.47 Å². The van der Waals surface area contributed by atoms with Crippen LogP contribution in [0, 0.1) is 0 Å². The van der Waals surface area contributed by atoms with Crippen LogP contribution in [0.25, 0.3) is 0 Å². The van der Waals surface area contributed by atoms with Gasteiger partial charge in [-0.05, 0) is 34.6 Å². The summed E-state index contributed by atoms with van der Waals surface area (Å²) in [6.07, 6.45) is 0.0976. The van der Waals surface area contributed by atoms with Crippen LogP contribution in [-0.2, 0) is 9.47 Å². The van der Waals surface area contributed by atoms with Gasteiger partial charge in [0.15, 0.2) is 0 Å². The van der Waals surface area contributed by atoms with E-state index in [0.717, 1.165) is 6.42 Å². The van der Waals surface area contributed by atoms with E-state index < -0.39 is 6.16 Å². The van der Waals surface area contributed by atoms with E-state index in [0.29, 0.717) is 6.61 Å². The summed E-state index contributed by atoms with van der Waals surface area (Å²) in [5, 5.41) is 3.43. The van der Waals surface area contributed by atoms with Gasteiger partial charge in [-0.1, -0.05) is 0 Å². The summed E-state index contributed by atoms with van der Waals surface area (Å²) in [6, 6.07) is 0. The molecule has 0 aromatic heterocycles. The molecule has 1 saturated heterocycles. The fourth-order valence-electron chi connectivity index (χ4n) is 2.18. The Kier molecular flexibility index (Phi) is 3.28. The maximum Gasteiger partial charge on any atom is 0.508 e. The fraction of sp³-hybridized carbons (Fsp3) is 0.909. The molecular weight excluding hydrogens is 194 g/mol. The predicted molar refractivity (Wildman–Crippen MR) is 57.8 cm³/mol. The molecule has 0 aromatic carbocycles. The van der Waals surface area contributed by atoms with Gasteiger partial charge in [0.1, 0.15) is 6.10 Å². The molecule has 15 heavy (non-hydrogen) atoms. The Morgan fingerprint density at radius 1 is 1.40 bits per heavy atom. The molecule has 0 amide bonds. The van der Waals surface area contributed by atoms with Gasteiger partial charge in [-0.25, -0.2) is 4.79 Å². The first-order chi connectivity index (χ1) is 6.77. The number of ether oxygens (including phenoxy) is 2. The standard InChI is InChI=1S/C11H21NO3/c1-6-14-9(13)15-8-7-10(2,3)12-11(8,4)5/h8,12H,6-7H2,1-5H3. The van der Waals surface area contributed by atoms with Crippen molar-refractivity contribution in [3.05, 3.63) is 0 Å². The third kappa shape index (κ3) is 3.09. The van der Waals surface area contributed by atoms with Gasteiger partial charge < -0.3 is 14.8 Å². The van der Waals surface area contributed by atoms with Gasteiger partial charge in [-0.15, -0.1) is 0 Å². The zero-order chi connectivity index (χ0) is 11.7. The molecule has 0 radical (unpaired) electrons. The van der Waals surface area contributed by atoms with E-state index in [1.165, 1.54) is 0 Å². The molecule has 1 aliphatic heterocycles. The third-order valence-corrected chi connectivity index (χ3v) is 2.66. The van der Waals surface area contributed by atoms with Crippen LogP contribution in [0.2, 0.25) is 0 Å². The second kappa shape index (κ2) is 4.00. The van der Waals surface area contributed by atoms with E-state index in [1.54, 1.807) is 6.92 Å². The van der Waals surface area contributed by atoms with Gasteiger partial charge in [0.05, 0.1) is 12.1 Å². The van der Waals surface area contributed by atoms with Crippen LogP contribution in [0.1, 0.15) is 41.0 Å². The van der Waals surface area contributed by atoms with Crippen molar-refractivity contribution < 1.29 is 14.3 Å². The van der Waals surface area contributed by atoms with Crippen LogP contribution >= 0.6 is 0 Å². The average molecular weight is 215 g/mol. The Bertz CT molecular complexity index is 248. The highest BCUT2D eigenvalue weighted by atomic mass is 16.7. The molecule has 0 aromatic rings. The summed E-state index contributed by atoms with van der Waals surface area (Å²) in [6.45, 7) is 10.4. The number of carbonyl (C=O) groups excluding carboxylic acids is 1. The van der Waals surface area contributed by atoms with Crippen molar-refractivity contribution >= 4 is 6.16 Å². The number of carbonyl (C=O) groups is 1. The minimum Gasteiger partial charge on any atom is -0.435 e. The molecule has 1 unspecified atom stereocenters. The quantitative estimate of drug-likeness (QED) is 0.716. The Hall–Kier alpha value is -0.770. The van der Waals surface area contributed by atoms with Gasteiger partial charge in [0.25, 0.3) is 0 Å². The van der Waals surface area contributed by atoms with Crippen molar-refractivity contribution in [3.63, 3.8) is 0 Å². The number of rotatable bonds is 2. The van der Waals surface area contributed by atoms with Crippen LogP contribution in [-0.4, -0.2) is 29.9 Å². The van der Waals surface area contributed by atoms with Crippen molar-refractivity contribution in [1.29, 1.82) is 0 Å². The van der Waals surface area contributed by atoms with Crippen LogP contribution in [0.5, 0.6) is 0 Å². The first-order valence-corrected chi connectivity index (χ1v) is 5.39. The molecule has 4 heteroatoms. The third-order valence-electron chi connectivity index (χ3n) is 2.66. The van der Waals surface area contributed by atoms with Crippen molar-refractivity contribution in [1.82, 2.24) is 5.32 Å². The van der Waals surface area contributed by atoms with Crippen molar-refractivity contribution in [2.75, 3.05) is 6.61 Å². The predicted octanol–water partition coefficient (Wildman–Crippen LogP) is 2.08. The zero-order valence-corrected chi connectivity index (χ0v) is 10.2. The van der Waals surface area contributed by atoms with Crippen LogP contribution in [0.4, 0.5) is 4.79 Å². The summed E-state index contributed by atoms with van der Waals surface area (Å²) < 4.78 is 10.1. The van der Waals surface area contributed by atoms with E-state index in [9.17, 15) is 4.79 Å². The van der Waals surface area contributed by atoms with E-state index >= 15 is 0 Å². The molecule has 1 rings (SSSR count). The Balaban J connectivity index is 2.59. The number of nitrogens with one attached hydrogen (secondary N) is 1. The van der Waals surface area contributed by atoms with Crippen LogP contribution in [0.3, 0.4) is 0 Å². The fourth-order valence-corrected chi connectivity index (χ4v) is 2.18. The minimum absolute atomic E-state index is 0.000656. The molecule has 88 valence electrons. The summed E-state index contributed by atoms with van der Waals surface area (Å²) in [5.41, 5.74) is -0.197. The minimum atomic E-state index is -0.574. The Labute approximate surface area is 91.3 Å². The lowest BCUT2D eigenvalue weighted by Gasteiger charge is -2.27. The maximum atomic E-state index is 11.2. The molecule has 0 bridgehead atoms. The molecule has 1 N–H and O–H groups in total. The zero-order valence-electron chi connectivity index (χ0n) is 10.2. The van der Waals surface area contributed by atoms with E-state index in [2.05, 4.69) is 19.2 Å². The first-order valence-electron chi connectivity index (χ1n) is 5.39. The summed E-state index contributed by atoms with van der Waals surface area (Å²) in [5.74, 6) is 0. The van der Waals surface area contributed by atoms with Gasteiger partial charge in [0.2, 0.25) is 0 Å². The summed E-state index contributed by atoms with van der Waals surface area (Å²) >= 11 is 0. The lowest BCUT2D eigenvalue weighted by Crippen LogP contribution is -2.47. The number of hydrogen-bond donors (Lipinski definition) is 1. The van der Waals surface area contributed by atoms with E-state index in [-0.39, 0.29) is 17.2 Å². The molecule has 1 aliphatic rings. The first kappa shape index (κ1) is 12.3. The van der Waals surface area contributed by atoms with Crippen LogP contribution < -0.4 is 5.32 Å². The topological polar surface area (TPSA) is 47.6 Å². The second-order valence-electron chi connectivity index (χ2n) is 5.22. The lowest BCUT2D eigenvalue weighted by molar-refractivity contribution is 0.00868. The average Bonchev–Trinajstić information content (AvgIpc) is 2.19. The monoisotopic (exact) mass is 215 g/mol. The van der Waals surface area contributed by atoms with Gasteiger partial charge in [-0.3, -0.25) is 0 Å². The molecule has 1 heterocycles. The van der Waals surface area contributed by atoms with Crippen LogP contribution in [0.15, 0.2) is 0 Å². The molecule has 0 spiro atoms. The van der Waals surface area contributed by atoms with Crippen molar-refractivity contribution in [2.45, 2.75) is 58.2 Å². The molecule has 4 nitrogen and oxygen atoms in total. The molecule has 1 fully saturated rings. The number of hydrogen-bond acceptors (Lipinski definition) is 4. The normalized spacial score (nSPS) is 27.4. The Morgan fingerprint density at radius 3 is 2.40 bits per heavy atom. The second-order valence-corrected chi connectivity index (χ2v) is 5.22. The van der Waals surface area contributed by atoms with E-state index in [1.807, 2.05) is 13.8 Å².